The average molecular weight is 279 g/mol. The maximum atomic E-state index is 10.9. The Bertz CT molecular complexity index is 565. The SMILES string of the molecule is COc1cc2c(c(OC)c1OC)CC/C2=N\OC(C)=O. The van der Waals surface area contributed by atoms with Crippen LogP contribution < -0.4 is 14.2 Å². The third kappa shape index (κ3) is 2.41. The van der Waals surface area contributed by atoms with E-state index in [4.69, 9.17) is 19.0 Å². The number of ether oxygens (including phenoxy) is 3. The molecule has 2 rings (SSSR count). The lowest BCUT2D eigenvalue weighted by molar-refractivity contribution is -0.140. The lowest BCUT2D eigenvalue weighted by Crippen LogP contribution is -2.02. The van der Waals surface area contributed by atoms with Gasteiger partial charge in [0.25, 0.3) is 0 Å². The van der Waals surface area contributed by atoms with E-state index in [9.17, 15) is 4.79 Å². The molecular formula is C14H17NO5. The number of benzene rings is 1. The lowest BCUT2D eigenvalue weighted by Gasteiger charge is -2.15. The van der Waals surface area contributed by atoms with Crippen molar-refractivity contribution in [3.8, 4) is 17.2 Å². The molecule has 1 aliphatic carbocycles. The van der Waals surface area contributed by atoms with E-state index in [1.54, 1.807) is 21.3 Å². The van der Waals surface area contributed by atoms with Crippen molar-refractivity contribution in [2.45, 2.75) is 19.8 Å². The molecule has 1 aromatic carbocycles. The van der Waals surface area contributed by atoms with Gasteiger partial charge in [-0.25, -0.2) is 4.79 Å². The Morgan fingerprint density at radius 1 is 1.10 bits per heavy atom. The first-order valence-corrected chi connectivity index (χ1v) is 6.19. The Balaban J connectivity index is 2.53. The summed E-state index contributed by atoms with van der Waals surface area (Å²) >= 11 is 0. The molecule has 0 fully saturated rings. The number of fused-ring (bicyclic) bond motifs is 1. The molecule has 0 unspecified atom stereocenters. The van der Waals surface area contributed by atoms with Crippen molar-refractivity contribution in [3.63, 3.8) is 0 Å². The van der Waals surface area contributed by atoms with Crippen molar-refractivity contribution in [1.82, 2.24) is 0 Å². The molecule has 1 aliphatic rings. The summed E-state index contributed by atoms with van der Waals surface area (Å²) in [6.45, 7) is 1.31. The smallest absolute Gasteiger partial charge is 0.331 e. The zero-order chi connectivity index (χ0) is 14.7. The number of methoxy groups -OCH3 is 3. The Hall–Kier alpha value is -2.24. The van der Waals surface area contributed by atoms with Gasteiger partial charge in [0.2, 0.25) is 5.75 Å². The van der Waals surface area contributed by atoms with Crippen LogP contribution in [0, 0.1) is 0 Å². The van der Waals surface area contributed by atoms with Crippen LogP contribution in [0.3, 0.4) is 0 Å². The summed E-state index contributed by atoms with van der Waals surface area (Å²) in [5.41, 5.74) is 2.55. The quantitative estimate of drug-likeness (QED) is 0.622. The molecule has 0 N–H and O–H groups in total. The van der Waals surface area contributed by atoms with Crippen molar-refractivity contribution in [1.29, 1.82) is 0 Å². The normalized spacial score (nSPS) is 14.9. The number of rotatable bonds is 4. The van der Waals surface area contributed by atoms with Gasteiger partial charge in [0, 0.05) is 18.1 Å². The number of hydrogen-bond acceptors (Lipinski definition) is 6. The molecule has 108 valence electrons. The van der Waals surface area contributed by atoms with Crippen molar-refractivity contribution in [3.05, 3.63) is 17.2 Å². The zero-order valence-electron chi connectivity index (χ0n) is 12.0. The van der Waals surface area contributed by atoms with Crippen molar-refractivity contribution in [2.24, 2.45) is 5.16 Å². The topological polar surface area (TPSA) is 66.3 Å². The van der Waals surface area contributed by atoms with Crippen molar-refractivity contribution < 1.29 is 23.8 Å². The molecule has 0 atom stereocenters. The summed E-state index contributed by atoms with van der Waals surface area (Å²) in [6.07, 6.45) is 1.42. The third-order valence-corrected chi connectivity index (χ3v) is 3.14. The van der Waals surface area contributed by atoms with Crippen LogP contribution in [-0.2, 0) is 16.1 Å². The van der Waals surface area contributed by atoms with E-state index < -0.39 is 5.97 Å². The van der Waals surface area contributed by atoms with Gasteiger partial charge in [-0.2, -0.15) is 0 Å². The molecule has 0 aliphatic heterocycles. The molecule has 0 bridgehead atoms. The van der Waals surface area contributed by atoms with Crippen LogP contribution in [0.5, 0.6) is 17.2 Å². The molecule has 0 heterocycles. The minimum Gasteiger partial charge on any atom is -0.493 e. The fourth-order valence-electron chi connectivity index (χ4n) is 2.31. The van der Waals surface area contributed by atoms with E-state index in [0.29, 0.717) is 29.4 Å². The Morgan fingerprint density at radius 3 is 2.35 bits per heavy atom. The van der Waals surface area contributed by atoms with E-state index in [0.717, 1.165) is 17.5 Å². The van der Waals surface area contributed by atoms with Crippen LogP contribution in [0.2, 0.25) is 0 Å². The van der Waals surface area contributed by atoms with Gasteiger partial charge in [0.1, 0.15) is 0 Å². The fraction of sp³-hybridized carbons (Fsp3) is 0.429. The summed E-state index contributed by atoms with van der Waals surface area (Å²) in [7, 11) is 4.70. The predicted molar refractivity (Wildman–Crippen MR) is 72.7 cm³/mol. The highest BCUT2D eigenvalue weighted by molar-refractivity contribution is 6.06. The van der Waals surface area contributed by atoms with E-state index >= 15 is 0 Å². The Morgan fingerprint density at radius 2 is 1.80 bits per heavy atom. The summed E-state index contributed by atoms with van der Waals surface area (Å²) in [5.74, 6) is 1.30. The molecule has 0 saturated heterocycles. The monoisotopic (exact) mass is 279 g/mol. The molecule has 0 spiro atoms. The number of oxime groups is 1. The van der Waals surface area contributed by atoms with Gasteiger partial charge in [0.15, 0.2) is 11.5 Å². The molecule has 20 heavy (non-hydrogen) atoms. The largest absolute Gasteiger partial charge is 0.493 e. The van der Waals surface area contributed by atoms with E-state index in [2.05, 4.69) is 5.16 Å². The van der Waals surface area contributed by atoms with Gasteiger partial charge in [0.05, 0.1) is 27.0 Å². The fourth-order valence-corrected chi connectivity index (χ4v) is 2.31. The minimum absolute atomic E-state index is 0.446. The van der Waals surface area contributed by atoms with Crippen molar-refractivity contribution >= 4 is 11.7 Å². The maximum absolute atomic E-state index is 10.9. The Labute approximate surface area is 117 Å². The summed E-state index contributed by atoms with van der Waals surface area (Å²) in [4.78, 5) is 15.6. The lowest BCUT2D eigenvalue weighted by atomic mass is 10.1. The molecule has 0 amide bonds. The molecular weight excluding hydrogens is 262 g/mol. The third-order valence-electron chi connectivity index (χ3n) is 3.14. The molecule has 6 heteroatoms. The highest BCUT2D eigenvalue weighted by Crippen LogP contribution is 2.45. The zero-order valence-corrected chi connectivity index (χ0v) is 12.0. The standard InChI is InChI=1S/C14H17NO5/c1-8(16)20-15-11-6-5-9-10(11)7-12(17-2)14(19-4)13(9)18-3/h7H,5-6H2,1-4H3/b15-11+. The first-order chi connectivity index (χ1) is 9.62. The summed E-state index contributed by atoms with van der Waals surface area (Å²) in [5, 5.41) is 3.89. The van der Waals surface area contributed by atoms with Gasteiger partial charge in [-0.3, -0.25) is 0 Å². The van der Waals surface area contributed by atoms with Gasteiger partial charge < -0.3 is 19.0 Å². The highest BCUT2D eigenvalue weighted by Gasteiger charge is 2.28. The Kier molecular flexibility index (Phi) is 4.12. The summed E-state index contributed by atoms with van der Waals surface area (Å²) < 4.78 is 16.1. The first-order valence-electron chi connectivity index (χ1n) is 6.19. The van der Waals surface area contributed by atoms with Gasteiger partial charge in [-0.05, 0) is 18.9 Å². The van der Waals surface area contributed by atoms with Gasteiger partial charge in [-0.1, -0.05) is 5.16 Å². The number of hydrogen-bond donors (Lipinski definition) is 0. The van der Waals surface area contributed by atoms with Crippen LogP contribution in [0.4, 0.5) is 0 Å². The van der Waals surface area contributed by atoms with Gasteiger partial charge >= 0.3 is 5.97 Å². The maximum Gasteiger partial charge on any atom is 0.331 e. The van der Waals surface area contributed by atoms with E-state index in [1.165, 1.54) is 6.92 Å². The number of carbonyl (C=O) groups is 1. The molecule has 6 nitrogen and oxygen atoms in total. The van der Waals surface area contributed by atoms with Crippen LogP contribution in [0.25, 0.3) is 0 Å². The van der Waals surface area contributed by atoms with Crippen LogP contribution in [0.1, 0.15) is 24.5 Å². The predicted octanol–water partition coefficient (Wildman–Crippen LogP) is 1.93. The van der Waals surface area contributed by atoms with Crippen LogP contribution >= 0.6 is 0 Å². The summed E-state index contributed by atoms with van der Waals surface area (Å²) in [6, 6.07) is 1.83. The minimum atomic E-state index is -0.446. The van der Waals surface area contributed by atoms with Crippen LogP contribution in [0.15, 0.2) is 11.2 Å². The second-order valence-electron chi connectivity index (χ2n) is 4.29. The van der Waals surface area contributed by atoms with E-state index in [1.807, 2.05) is 6.07 Å². The molecule has 1 aromatic rings. The molecule has 0 radical (unpaired) electrons. The second kappa shape index (κ2) is 5.81. The number of carbonyl (C=O) groups excluding carboxylic acids is 1. The molecule has 0 aromatic heterocycles. The second-order valence-corrected chi connectivity index (χ2v) is 4.29. The average Bonchev–Trinajstić information content (AvgIpc) is 2.85. The van der Waals surface area contributed by atoms with Crippen LogP contribution in [-0.4, -0.2) is 33.0 Å². The number of nitrogens with zero attached hydrogens (tertiary/aromatic N) is 1. The van der Waals surface area contributed by atoms with Crippen molar-refractivity contribution in [2.75, 3.05) is 21.3 Å². The molecule has 0 saturated carbocycles. The first kappa shape index (κ1) is 14.2. The van der Waals surface area contributed by atoms with Gasteiger partial charge in [-0.15, -0.1) is 0 Å². The highest BCUT2D eigenvalue weighted by atomic mass is 16.7. The van der Waals surface area contributed by atoms with E-state index in [-0.39, 0.29) is 0 Å².